The molecule has 1 aromatic carbocycles. The Morgan fingerprint density at radius 1 is 1.00 bits per heavy atom. The lowest BCUT2D eigenvalue weighted by Crippen LogP contribution is -2.34. The van der Waals surface area contributed by atoms with Crippen molar-refractivity contribution in [2.45, 2.75) is 18.6 Å². The number of hydrogen-bond acceptors (Lipinski definition) is 4. The van der Waals surface area contributed by atoms with Gasteiger partial charge in [-0.05, 0) is 11.1 Å². The summed E-state index contributed by atoms with van der Waals surface area (Å²) in [4.78, 5) is 8.32. The molecule has 0 saturated carbocycles. The summed E-state index contributed by atoms with van der Waals surface area (Å²) in [5.74, 6) is -1.30. The normalized spacial score (nSPS) is 18.6. The molecule has 0 aromatic heterocycles. The lowest BCUT2D eigenvalue weighted by molar-refractivity contribution is -0.483. The fourth-order valence-corrected chi connectivity index (χ4v) is 1.69. The molecule has 0 aliphatic heterocycles. The summed E-state index contributed by atoms with van der Waals surface area (Å²) in [5.41, 5.74) is 2.04. The zero-order chi connectivity index (χ0) is 9.31. The summed E-state index contributed by atoms with van der Waals surface area (Å²) >= 11 is 0. The Morgan fingerprint density at radius 2 is 1.46 bits per heavy atom. The van der Waals surface area contributed by atoms with Crippen LogP contribution in [0, 0.1) is 0 Å². The summed E-state index contributed by atoms with van der Waals surface area (Å²) in [7, 11) is 0. The van der Waals surface area contributed by atoms with E-state index in [1.165, 1.54) is 0 Å². The Balaban J connectivity index is 2.30. The van der Waals surface area contributed by atoms with Crippen LogP contribution in [0.5, 0.6) is 0 Å². The molecule has 4 nitrogen and oxygen atoms in total. The molecule has 1 aliphatic rings. The first-order valence-corrected chi connectivity index (χ1v) is 4.01. The molecular formula is C9H10O4. The van der Waals surface area contributed by atoms with E-state index in [-0.39, 0.29) is 0 Å². The highest BCUT2D eigenvalue weighted by Crippen LogP contribution is 2.32. The molecular weight excluding hydrogens is 172 g/mol. The van der Waals surface area contributed by atoms with Crippen molar-refractivity contribution >= 4 is 0 Å². The summed E-state index contributed by atoms with van der Waals surface area (Å²) in [6, 6.07) is 7.61. The van der Waals surface area contributed by atoms with Gasteiger partial charge in [0.2, 0.25) is 5.79 Å². The number of benzene rings is 1. The third-order valence-electron chi connectivity index (χ3n) is 2.37. The topological polar surface area (TPSA) is 58.9 Å². The van der Waals surface area contributed by atoms with Crippen LogP contribution in [-0.4, -0.2) is 16.3 Å². The molecule has 0 spiro atoms. The monoisotopic (exact) mass is 182 g/mol. The molecule has 13 heavy (non-hydrogen) atoms. The standard InChI is InChI=1S/C9H10O4/c10-12-9(13-11)5-7-3-1-2-4-8(7)6-9/h1-4,10-11H,5-6H2. The second-order valence-corrected chi connectivity index (χ2v) is 3.22. The van der Waals surface area contributed by atoms with Crippen LogP contribution in [0.1, 0.15) is 11.1 Å². The van der Waals surface area contributed by atoms with Crippen molar-refractivity contribution < 1.29 is 20.3 Å². The fraction of sp³-hybridized carbons (Fsp3) is 0.333. The average Bonchev–Trinajstić information content (AvgIpc) is 2.57. The largest absolute Gasteiger partial charge is 0.249 e. The van der Waals surface area contributed by atoms with E-state index in [1.54, 1.807) is 0 Å². The van der Waals surface area contributed by atoms with Crippen LogP contribution in [0.4, 0.5) is 0 Å². The molecule has 2 N–H and O–H groups in total. The highest BCUT2D eigenvalue weighted by Gasteiger charge is 2.40. The minimum Gasteiger partial charge on any atom is -0.249 e. The highest BCUT2D eigenvalue weighted by atomic mass is 17.2. The average molecular weight is 182 g/mol. The van der Waals surface area contributed by atoms with E-state index < -0.39 is 5.79 Å². The third kappa shape index (κ3) is 1.34. The van der Waals surface area contributed by atoms with E-state index in [0.717, 1.165) is 11.1 Å². The van der Waals surface area contributed by atoms with Gasteiger partial charge in [-0.25, -0.2) is 10.5 Å². The maximum absolute atomic E-state index is 8.60. The minimum atomic E-state index is -1.30. The van der Waals surface area contributed by atoms with Crippen molar-refractivity contribution in [1.29, 1.82) is 0 Å². The molecule has 0 radical (unpaired) electrons. The summed E-state index contributed by atoms with van der Waals surface area (Å²) in [5, 5.41) is 17.2. The smallest absolute Gasteiger partial charge is 0.241 e. The number of fused-ring (bicyclic) bond motifs is 1. The fourth-order valence-electron chi connectivity index (χ4n) is 1.69. The van der Waals surface area contributed by atoms with Crippen LogP contribution >= 0.6 is 0 Å². The Kier molecular flexibility index (Phi) is 2.05. The maximum Gasteiger partial charge on any atom is 0.241 e. The molecule has 4 heteroatoms. The summed E-state index contributed by atoms with van der Waals surface area (Å²) in [6.45, 7) is 0. The Bertz CT molecular complexity index is 279. The van der Waals surface area contributed by atoms with Gasteiger partial charge in [-0.1, -0.05) is 24.3 Å². The van der Waals surface area contributed by atoms with Gasteiger partial charge < -0.3 is 0 Å². The van der Waals surface area contributed by atoms with Crippen LogP contribution < -0.4 is 0 Å². The van der Waals surface area contributed by atoms with E-state index in [2.05, 4.69) is 9.78 Å². The van der Waals surface area contributed by atoms with E-state index in [9.17, 15) is 0 Å². The molecule has 1 aliphatic carbocycles. The van der Waals surface area contributed by atoms with E-state index in [4.69, 9.17) is 10.5 Å². The quantitative estimate of drug-likeness (QED) is 0.413. The zero-order valence-corrected chi connectivity index (χ0v) is 6.93. The van der Waals surface area contributed by atoms with Gasteiger partial charge in [0.05, 0.1) is 0 Å². The van der Waals surface area contributed by atoms with Crippen molar-refractivity contribution in [2.75, 3.05) is 0 Å². The Morgan fingerprint density at radius 3 is 1.85 bits per heavy atom. The molecule has 0 unspecified atom stereocenters. The second-order valence-electron chi connectivity index (χ2n) is 3.22. The van der Waals surface area contributed by atoms with Crippen LogP contribution in [0.25, 0.3) is 0 Å². The molecule has 70 valence electrons. The third-order valence-corrected chi connectivity index (χ3v) is 2.37. The zero-order valence-electron chi connectivity index (χ0n) is 6.93. The van der Waals surface area contributed by atoms with Crippen molar-refractivity contribution in [3.8, 4) is 0 Å². The van der Waals surface area contributed by atoms with Crippen molar-refractivity contribution in [2.24, 2.45) is 0 Å². The molecule has 0 heterocycles. The van der Waals surface area contributed by atoms with Gasteiger partial charge in [-0.2, -0.15) is 9.78 Å². The minimum absolute atomic E-state index is 0.357. The van der Waals surface area contributed by atoms with Gasteiger partial charge in [0.25, 0.3) is 0 Å². The highest BCUT2D eigenvalue weighted by molar-refractivity contribution is 5.33. The SMILES string of the molecule is OOC1(OO)Cc2ccccc2C1. The summed E-state index contributed by atoms with van der Waals surface area (Å²) in [6.07, 6.45) is 0.715. The first kappa shape index (κ1) is 8.65. The van der Waals surface area contributed by atoms with E-state index in [0.29, 0.717) is 12.8 Å². The molecule has 0 amide bonds. The van der Waals surface area contributed by atoms with Crippen LogP contribution in [0.2, 0.25) is 0 Å². The first-order valence-electron chi connectivity index (χ1n) is 4.01. The predicted octanol–water partition coefficient (Wildman–Crippen LogP) is 1.46. The predicted molar refractivity (Wildman–Crippen MR) is 44.0 cm³/mol. The van der Waals surface area contributed by atoms with Crippen LogP contribution in [0.3, 0.4) is 0 Å². The van der Waals surface area contributed by atoms with Gasteiger partial charge in [-0.3, -0.25) is 0 Å². The molecule has 1 aromatic rings. The maximum atomic E-state index is 8.60. The number of hydrogen-bond donors (Lipinski definition) is 2. The number of rotatable bonds is 2. The van der Waals surface area contributed by atoms with Crippen LogP contribution in [0.15, 0.2) is 24.3 Å². The molecule has 2 rings (SSSR count). The van der Waals surface area contributed by atoms with Gasteiger partial charge in [0.1, 0.15) is 0 Å². The Hall–Kier alpha value is -0.940. The van der Waals surface area contributed by atoms with Gasteiger partial charge in [-0.15, -0.1) is 0 Å². The van der Waals surface area contributed by atoms with Crippen molar-refractivity contribution in [3.63, 3.8) is 0 Å². The van der Waals surface area contributed by atoms with Crippen LogP contribution in [-0.2, 0) is 22.6 Å². The molecule has 0 saturated heterocycles. The van der Waals surface area contributed by atoms with E-state index in [1.807, 2.05) is 24.3 Å². The van der Waals surface area contributed by atoms with Crippen molar-refractivity contribution in [3.05, 3.63) is 35.4 Å². The lowest BCUT2D eigenvalue weighted by atomic mass is 10.1. The summed E-state index contributed by atoms with van der Waals surface area (Å²) < 4.78 is 0. The van der Waals surface area contributed by atoms with E-state index >= 15 is 0 Å². The lowest BCUT2D eigenvalue weighted by Gasteiger charge is -2.19. The Labute approximate surface area is 75.2 Å². The van der Waals surface area contributed by atoms with Gasteiger partial charge in [0, 0.05) is 12.8 Å². The molecule has 0 bridgehead atoms. The van der Waals surface area contributed by atoms with Crippen molar-refractivity contribution in [1.82, 2.24) is 0 Å². The first-order chi connectivity index (χ1) is 6.29. The molecule has 0 fully saturated rings. The second kappa shape index (κ2) is 3.08. The molecule has 0 atom stereocenters. The van der Waals surface area contributed by atoms with Gasteiger partial charge in [0.15, 0.2) is 0 Å². The van der Waals surface area contributed by atoms with Gasteiger partial charge >= 0.3 is 0 Å².